The van der Waals surface area contributed by atoms with Crippen molar-refractivity contribution < 1.29 is 28.2 Å². The summed E-state index contributed by atoms with van der Waals surface area (Å²) in [4.78, 5) is 26.3. The van der Waals surface area contributed by atoms with Crippen LogP contribution in [0.3, 0.4) is 0 Å². The van der Waals surface area contributed by atoms with Crippen LogP contribution in [0.2, 0.25) is 0 Å². The lowest BCUT2D eigenvalue weighted by Crippen LogP contribution is -2.15. The SMILES string of the molecule is CCOC(=O)c1c(NC(=O)c2cccc(F)c2)sc(C)c1-c1ccc(OC)c(OC)c1. The molecule has 0 fully saturated rings. The van der Waals surface area contributed by atoms with Crippen LogP contribution >= 0.6 is 11.3 Å². The summed E-state index contributed by atoms with van der Waals surface area (Å²) in [6, 6.07) is 10.6. The van der Waals surface area contributed by atoms with Gasteiger partial charge in [-0.05, 0) is 49.7 Å². The Hall–Kier alpha value is -3.39. The van der Waals surface area contributed by atoms with Crippen molar-refractivity contribution in [3.8, 4) is 22.6 Å². The van der Waals surface area contributed by atoms with Gasteiger partial charge in [0, 0.05) is 16.0 Å². The van der Waals surface area contributed by atoms with Crippen LogP contribution in [0.4, 0.5) is 9.39 Å². The first-order chi connectivity index (χ1) is 14.9. The molecule has 162 valence electrons. The molecule has 3 rings (SSSR count). The van der Waals surface area contributed by atoms with Crippen molar-refractivity contribution in [2.24, 2.45) is 0 Å². The molecule has 0 atom stereocenters. The number of rotatable bonds is 7. The molecular formula is C23H22FNO5S. The number of benzene rings is 2. The van der Waals surface area contributed by atoms with Crippen molar-refractivity contribution in [3.63, 3.8) is 0 Å². The third-order valence-corrected chi connectivity index (χ3v) is 5.57. The summed E-state index contributed by atoms with van der Waals surface area (Å²) in [5.41, 5.74) is 1.72. The van der Waals surface area contributed by atoms with Crippen LogP contribution in [0, 0.1) is 12.7 Å². The van der Waals surface area contributed by atoms with Crippen LogP contribution in [0.25, 0.3) is 11.1 Å². The van der Waals surface area contributed by atoms with E-state index < -0.39 is 17.7 Å². The Morgan fingerprint density at radius 2 is 1.81 bits per heavy atom. The molecule has 0 unspecified atom stereocenters. The van der Waals surface area contributed by atoms with Gasteiger partial charge in [-0.2, -0.15) is 0 Å². The molecule has 1 N–H and O–H groups in total. The van der Waals surface area contributed by atoms with Gasteiger partial charge in [-0.3, -0.25) is 4.79 Å². The third-order valence-electron chi connectivity index (χ3n) is 4.55. The molecule has 1 amide bonds. The van der Waals surface area contributed by atoms with Crippen molar-refractivity contribution in [1.82, 2.24) is 0 Å². The van der Waals surface area contributed by atoms with Gasteiger partial charge in [-0.1, -0.05) is 12.1 Å². The minimum absolute atomic E-state index is 0.147. The van der Waals surface area contributed by atoms with Crippen molar-refractivity contribution in [3.05, 3.63) is 64.3 Å². The van der Waals surface area contributed by atoms with Crippen LogP contribution < -0.4 is 14.8 Å². The zero-order valence-electron chi connectivity index (χ0n) is 17.6. The van der Waals surface area contributed by atoms with Crippen LogP contribution in [0.5, 0.6) is 11.5 Å². The standard InChI is InChI=1S/C23H22FNO5S/c1-5-30-23(27)20-19(14-9-10-17(28-3)18(12-14)29-4)13(2)31-22(20)25-21(26)15-7-6-8-16(24)11-15/h6-12H,5H2,1-4H3,(H,25,26). The molecule has 3 aromatic rings. The number of thiophene rings is 1. The molecule has 6 nitrogen and oxygen atoms in total. The number of esters is 1. The number of anilines is 1. The molecule has 0 saturated heterocycles. The molecule has 0 spiro atoms. The Bertz CT molecular complexity index is 1130. The first kappa shape index (κ1) is 22.3. The van der Waals surface area contributed by atoms with Crippen LogP contribution in [-0.2, 0) is 4.74 Å². The predicted molar refractivity (Wildman–Crippen MR) is 118 cm³/mol. The Kier molecular flexibility index (Phi) is 6.91. The van der Waals surface area contributed by atoms with E-state index in [1.807, 2.05) is 6.92 Å². The summed E-state index contributed by atoms with van der Waals surface area (Å²) in [7, 11) is 3.07. The highest BCUT2D eigenvalue weighted by molar-refractivity contribution is 7.17. The van der Waals surface area contributed by atoms with Gasteiger partial charge in [-0.15, -0.1) is 11.3 Å². The number of methoxy groups -OCH3 is 2. The smallest absolute Gasteiger partial charge is 0.341 e. The number of carbonyl (C=O) groups is 2. The molecule has 2 aromatic carbocycles. The predicted octanol–water partition coefficient (Wildman–Crippen LogP) is 5.31. The van der Waals surface area contributed by atoms with Gasteiger partial charge in [0.05, 0.1) is 20.8 Å². The highest BCUT2D eigenvalue weighted by Crippen LogP contribution is 2.43. The van der Waals surface area contributed by atoms with Gasteiger partial charge in [0.15, 0.2) is 11.5 Å². The maximum absolute atomic E-state index is 13.5. The quantitative estimate of drug-likeness (QED) is 0.501. The van der Waals surface area contributed by atoms with Crippen molar-refractivity contribution >= 4 is 28.2 Å². The highest BCUT2D eigenvalue weighted by Gasteiger charge is 2.26. The Morgan fingerprint density at radius 3 is 2.45 bits per heavy atom. The Labute approximate surface area is 183 Å². The van der Waals surface area contributed by atoms with Gasteiger partial charge >= 0.3 is 5.97 Å². The lowest BCUT2D eigenvalue weighted by atomic mass is 10.0. The maximum atomic E-state index is 13.5. The lowest BCUT2D eigenvalue weighted by molar-refractivity contribution is 0.0529. The van der Waals surface area contributed by atoms with E-state index in [1.54, 1.807) is 25.1 Å². The second kappa shape index (κ2) is 9.61. The van der Waals surface area contributed by atoms with Gasteiger partial charge in [-0.25, -0.2) is 9.18 Å². The van der Waals surface area contributed by atoms with E-state index in [0.717, 1.165) is 10.9 Å². The minimum Gasteiger partial charge on any atom is -0.493 e. The molecule has 0 saturated carbocycles. The second-order valence-electron chi connectivity index (χ2n) is 6.49. The molecule has 31 heavy (non-hydrogen) atoms. The molecule has 1 aromatic heterocycles. The van der Waals surface area contributed by atoms with Gasteiger partial charge < -0.3 is 19.5 Å². The fourth-order valence-corrected chi connectivity index (χ4v) is 4.23. The average Bonchev–Trinajstić information content (AvgIpc) is 3.08. The third kappa shape index (κ3) is 4.69. The number of hydrogen-bond acceptors (Lipinski definition) is 6. The molecule has 0 aliphatic heterocycles. The Balaban J connectivity index is 2.09. The fraction of sp³-hybridized carbons (Fsp3) is 0.217. The number of carbonyl (C=O) groups excluding carboxylic acids is 2. The van der Waals surface area contributed by atoms with Crippen molar-refractivity contribution in [1.29, 1.82) is 0 Å². The maximum Gasteiger partial charge on any atom is 0.341 e. The van der Waals surface area contributed by atoms with E-state index in [1.165, 1.54) is 43.8 Å². The minimum atomic E-state index is -0.564. The first-order valence-electron chi connectivity index (χ1n) is 9.49. The van der Waals surface area contributed by atoms with E-state index in [2.05, 4.69) is 5.32 Å². The van der Waals surface area contributed by atoms with Crippen LogP contribution in [0.1, 0.15) is 32.5 Å². The zero-order valence-corrected chi connectivity index (χ0v) is 18.4. The van der Waals surface area contributed by atoms with Crippen LogP contribution in [-0.4, -0.2) is 32.7 Å². The van der Waals surface area contributed by atoms with E-state index in [-0.39, 0.29) is 17.7 Å². The van der Waals surface area contributed by atoms with Gasteiger partial charge in [0.25, 0.3) is 5.91 Å². The summed E-state index contributed by atoms with van der Waals surface area (Å²) in [6.45, 7) is 3.73. The number of halogens is 1. The number of hydrogen-bond donors (Lipinski definition) is 1. The Morgan fingerprint density at radius 1 is 1.06 bits per heavy atom. The molecule has 1 heterocycles. The van der Waals surface area contributed by atoms with E-state index in [0.29, 0.717) is 27.6 Å². The summed E-state index contributed by atoms with van der Waals surface area (Å²) in [5.74, 6) is -0.551. The summed E-state index contributed by atoms with van der Waals surface area (Å²) in [6.07, 6.45) is 0. The largest absolute Gasteiger partial charge is 0.493 e. The highest BCUT2D eigenvalue weighted by atomic mass is 32.1. The number of nitrogens with one attached hydrogen (secondary N) is 1. The molecule has 0 aliphatic rings. The van der Waals surface area contributed by atoms with Crippen molar-refractivity contribution in [2.45, 2.75) is 13.8 Å². The monoisotopic (exact) mass is 443 g/mol. The van der Waals surface area contributed by atoms with Crippen molar-refractivity contribution in [2.75, 3.05) is 26.1 Å². The molecule has 0 bridgehead atoms. The van der Waals surface area contributed by atoms with E-state index in [9.17, 15) is 14.0 Å². The number of ether oxygens (including phenoxy) is 3. The number of aryl methyl sites for hydroxylation is 1. The second-order valence-corrected chi connectivity index (χ2v) is 7.72. The van der Waals surface area contributed by atoms with Gasteiger partial charge in [0.1, 0.15) is 16.4 Å². The summed E-state index contributed by atoms with van der Waals surface area (Å²) < 4.78 is 29.4. The molecule has 0 radical (unpaired) electrons. The molecule has 0 aliphatic carbocycles. The van der Waals surface area contributed by atoms with Gasteiger partial charge in [0.2, 0.25) is 0 Å². The zero-order chi connectivity index (χ0) is 22.5. The summed E-state index contributed by atoms with van der Waals surface area (Å²) >= 11 is 1.24. The molecule has 8 heteroatoms. The van der Waals surface area contributed by atoms with E-state index >= 15 is 0 Å². The normalized spacial score (nSPS) is 10.5. The fourth-order valence-electron chi connectivity index (χ4n) is 3.18. The summed E-state index contributed by atoms with van der Waals surface area (Å²) in [5, 5.41) is 3.06. The van der Waals surface area contributed by atoms with E-state index in [4.69, 9.17) is 14.2 Å². The topological polar surface area (TPSA) is 73.9 Å². The number of amides is 1. The molecular weight excluding hydrogens is 421 g/mol. The first-order valence-corrected chi connectivity index (χ1v) is 10.3. The average molecular weight is 443 g/mol. The van der Waals surface area contributed by atoms with Crippen LogP contribution in [0.15, 0.2) is 42.5 Å². The lowest BCUT2D eigenvalue weighted by Gasteiger charge is -2.12.